The summed E-state index contributed by atoms with van der Waals surface area (Å²) in [5.41, 5.74) is -0.782. The summed E-state index contributed by atoms with van der Waals surface area (Å²) >= 11 is 0. The average Bonchev–Trinajstić information content (AvgIpc) is 3.16. The molecule has 0 radical (unpaired) electrons. The van der Waals surface area contributed by atoms with E-state index in [4.69, 9.17) is 18.5 Å². The number of hydrogen-bond donors (Lipinski definition) is 2. The van der Waals surface area contributed by atoms with Crippen LogP contribution in [0.15, 0.2) is 0 Å². The van der Waals surface area contributed by atoms with E-state index in [0.717, 1.165) is 0 Å². The smallest absolute Gasteiger partial charge is 0.407 e. The normalized spacial score (nSPS) is 29.7. The first-order valence-electron chi connectivity index (χ1n) is 9.40. The molecule has 0 spiro atoms. The molecule has 0 aromatic rings. The number of esters is 2. The van der Waals surface area contributed by atoms with Gasteiger partial charge in [-0.05, 0) is 6.92 Å². The molecule has 11 nitrogen and oxygen atoms in total. The second-order valence-corrected chi connectivity index (χ2v) is 9.36. The van der Waals surface area contributed by atoms with Crippen molar-refractivity contribution >= 4 is 25.6 Å². The fraction of sp³-hybridized carbons (Fsp3) is 0.824. The zero-order valence-corrected chi connectivity index (χ0v) is 18.0. The molecule has 2 N–H and O–H groups in total. The zero-order chi connectivity index (χ0) is 21.7. The van der Waals surface area contributed by atoms with Crippen LogP contribution in [0.25, 0.3) is 0 Å². The number of carbonyl (C=O) groups is 3. The van der Waals surface area contributed by atoms with Gasteiger partial charge in [0.25, 0.3) is 0 Å². The largest absolute Gasteiger partial charge is 0.469 e. The van der Waals surface area contributed by atoms with E-state index in [9.17, 15) is 18.9 Å². The molecule has 2 heterocycles. The van der Waals surface area contributed by atoms with Crippen molar-refractivity contribution in [1.82, 2.24) is 10.4 Å². The molecule has 3 unspecified atom stereocenters. The molecule has 2 rings (SSSR count). The van der Waals surface area contributed by atoms with Gasteiger partial charge < -0.3 is 19.5 Å². The topological polar surface area (TPSA) is 138 Å². The molecule has 0 aliphatic carbocycles. The molecule has 0 aromatic carbocycles. The molecule has 4 atom stereocenters. The number of hydrogen-bond acceptors (Lipinski definition) is 9. The molecule has 1 amide bonds. The van der Waals surface area contributed by atoms with Gasteiger partial charge in [0.05, 0.1) is 33.4 Å². The lowest BCUT2D eigenvalue weighted by Crippen LogP contribution is -2.51. The molecule has 12 heteroatoms. The highest BCUT2D eigenvalue weighted by Crippen LogP contribution is 2.53. The molecule has 0 saturated carbocycles. The number of methoxy groups -OCH3 is 1. The fourth-order valence-corrected chi connectivity index (χ4v) is 4.69. The van der Waals surface area contributed by atoms with Crippen molar-refractivity contribution < 1.29 is 42.2 Å². The van der Waals surface area contributed by atoms with E-state index >= 15 is 0 Å². The number of ether oxygens (including phenoxy) is 3. The Balaban J connectivity index is 1.94. The van der Waals surface area contributed by atoms with E-state index in [1.165, 1.54) is 14.0 Å². The second kappa shape index (κ2) is 9.99. The highest BCUT2D eigenvalue weighted by atomic mass is 31.2. The van der Waals surface area contributed by atoms with E-state index < -0.39 is 43.2 Å². The molecule has 2 saturated heterocycles. The third kappa shape index (κ3) is 6.75. The number of carbonyl (C=O) groups excluding carboxylic acids is 3. The van der Waals surface area contributed by atoms with Crippen molar-refractivity contribution in [2.24, 2.45) is 5.41 Å². The quantitative estimate of drug-likeness (QED) is 0.409. The van der Waals surface area contributed by atoms with Crippen molar-refractivity contribution in [1.29, 1.82) is 0 Å². The van der Waals surface area contributed by atoms with Gasteiger partial charge in [-0.15, -0.1) is 0 Å². The van der Waals surface area contributed by atoms with Gasteiger partial charge in [0.1, 0.15) is 12.1 Å². The van der Waals surface area contributed by atoms with Crippen molar-refractivity contribution in [3.63, 3.8) is 0 Å². The zero-order valence-electron chi connectivity index (χ0n) is 17.1. The Morgan fingerprint density at radius 3 is 2.66 bits per heavy atom. The Hall–Kier alpha value is -1.52. The van der Waals surface area contributed by atoms with Gasteiger partial charge in [-0.3, -0.25) is 23.4 Å². The lowest BCUT2D eigenvalue weighted by Gasteiger charge is -2.40. The predicted octanol–water partition coefficient (Wildman–Crippen LogP) is 0.526. The standard InChI is InChI=1S/C17H29N2O9P/c1-11(16(22)27-12-6-8-25-9-12)19-29(23)26-10-17(2,3)14(28-29)15(21)18-7-5-13(20)24-4/h11-12,14H,5-10H2,1-4H3,(H,18,21)(H,19,23)/t11?,12?,14-,29?/m0/s1. The molecule has 0 bridgehead atoms. The first kappa shape index (κ1) is 23.8. The van der Waals surface area contributed by atoms with Crippen LogP contribution in [0.3, 0.4) is 0 Å². The Morgan fingerprint density at radius 2 is 2.03 bits per heavy atom. The van der Waals surface area contributed by atoms with Crippen molar-refractivity contribution in [3.05, 3.63) is 0 Å². The molecule has 166 valence electrons. The maximum atomic E-state index is 13.0. The molecule has 2 aliphatic heterocycles. The molecular formula is C17H29N2O9P. The van der Waals surface area contributed by atoms with Crippen molar-refractivity contribution in [2.75, 3.05) is 33.5 Å². The Bertz CT molecular complexity index is 663. The minimum Gasteiger partial charge on any atom is -0.469 e. The first-order chi connectivity index (χ1) is 13.6. The van der Waals surface area contributed by atoms with Crippen LogP contribution < -0.4 is 10.4 Å². The minimum absolute atomic E-state index is 0.00441. The van der Waals surface area contributed by atoms with Crippen LogP contribution in [0.4, 0.5) is 0 Å². The fourth-order valence-electron chi connectivity index (χ4n) is 2.75. The molecule has 0 aromatic heterocycles. The van der Waals surface area contributed by atoms with Gasteiger partial charge in [-0.2, -0.15) is 0 Å². The van der Waals surface area contributed by atoms with Crippen LogP contribution in [0, 0.1) is 5.41 Å². The number of rotatable bonds is 8. The average molecular weight is 436 g/mol. The summed E-state index contributed by atoms with van der Waals surface area (Å²) in [6.07, 6.45) is -0.854. The van der Waals surface area contributed by atoms with Gasteiger partial charge in [0.15, 0.2) is 6.10 Å². The second-order valence-electron chi connectivity index (χ2n) is 7.64. The number of amides is 1. The van der Waals surface area contributed by atoms with E-state index in [0.29, 0.717) is 19.6 Å². The van der Waals surface area contributed by atoms with Gasteiger partial charge in [0.2, 0.25) is 5.91 Å². The number of nitrogens with one attached hydrogen (secondary N) is 2. The summed E-state index contributed by atoms with van der Waals surface area (Å²) in [6.45, 7) is 5.77. The third-order valence-corrected chi connectivity index (χ3v) is 6.19. The van der Waals surface area contributed by atoms with Gasteiger partial charge >= 0.3 is 19.7 Å². The SMILES string of the molecule is COC(=O)CCNC(=O)[C@@H]1OP(=O)(NC(C)C(=O)OC2CCOC2)OCC1(C)C. The highest BCUT2D eigenvalue weighted by molar-refractivity contribution is 7.51. The van der Waals surface area contributed by atoms with Crippen LogP contribution in [0.1, 0.15) is 33.6 Å². The van der Waals surface area contributed by atoms with Gasteiger partial charge in [-0.1, -0.05) is 13.8 Å². The molecule has 2 fully saturated rings. The van der Waals surface area contributed by atoms with Crippen molar-refractivity contribution in [2.45, 2.75) is 51.9 Å². The van der Waals surface area contributed by atoms with Crippen LogP contribution in [0.5, 0.6) is 0 Å². The van der Waals surface area contributed by atoms with Crippen LogP contribution >= 0.6 is 7.75 Å². The van der Waals surface area contributed by atoms with E-state index in [1.807, 2.05) is 0 Å². The Morgan fingerprint density at radius 1 is 1.31 bits per heavy atom. The van der Waals surface area contributed by atoms with E-state index in [-0.39, 0.29) is 25.7 Å². The van der Waals surface area contributed by atoms with E-state index in [2.05, 4.69) is 15.1 Å². The maximum absolute atomic E-state index is 13.0. The van der Waals surface area contributed by atoms with Crippen LogP contribution in [-0.2, 0) is 42.2 Å². The summed E-state index contributed by atoms with van der Waals surface area (Å²) in [7, 11) is -2.70. The lowest BCUT2D eigenvalue weighted by atomic mass is 9.87. The molecule has 29 heavy (non-hydrogen) atoms. The summed E-state index contributed by atoms with van der Waals surface area (Å²) in [5.74, 6) is -1.63. The predicted molar refractivity (Wildman–Crippen MR) is 99.8 cm³/mol. The van der Waals surface area contributed by atoms with Gasteiger partial charge in [0, 0.05) is 18.4 Å². The van der Waals surface area contributed by atoms with Crippen molar-refractivity contribution in [3.8, 4) is 0 Å². The molecule has 2 aliphatic rings. The van der Waals surface area contributed by atoms with E-state index in [1.54, 1.807) is 13.8 Å². The summed E-state index contributed by atoms with van der Waals surface area (Å²) < 4.78 is 38.8. The summed E-state index contributed by atoms with van der Waals surface area (Å²) in [6, 6.07) is -0.981. The van der Waals surface area contributed by atoms with Gasteiger partial charge in [-0.25, -0.2) is 9.65 Å². The molecular weight excluding hydrogens is 407 g/mol. The first-order valence-corrected chi connectivity index (χ1v) is 10.9. The third-order valence-electron chi connectivity index (χ3n) is 4.53. The van der Waals surface area contributed by atoms with Crippen LogP contribution in [0.2, 0.25) is 0 Å². The Kier molecular flexibility index (Phi) is 8.18. The maximum Gasteiger partial charge on any atom is 0.407 e. The minimum atomic E-state index is -3.95. The monoisotopic (exact) mass is 436 g/mol. The summed E-state index contributed by atoms with van der Waals surface area (Å²) in [4.78, 5) is 35.9. The Labute approximate surface area is 169 Å². The lowest BCUT2D eigenvalue weighted by molar-refractivity contribution is -0.151. The highest BCUT2D eigenvalue weighted by Gasteiger charge is 2.49. The summed E-state index contributed by atoms with van der Waals surface area (Å²) in [5, 5.41) is 5.08. The van der Waals surface area contributed by atoms with Crippen LogP contribution in [-0.4, -0.2) is 69.6 Å².